The van der Waals surface area contributed by atoms with Gasteiger partial charge in [-0.2, -0.15) is 5.26 Å². The Morgan fingerprint density at radius 3 is 2.65 bits per heavy atom. The van der Waals surface area contributed by atoms with E-state index in [1.165, 1.54) is 0 Å². The van der Waals surface area contributed by atoms with Crippen LogP contribution in [0.25, 0.3) is 21.8 Å². The van der Waals surface area contributed by atoms with Crippen LogP contribution in [-0.4, -0.2) is 86.7 Å². The minimum Gasteiger partial charge on any atom is -0.477 e. The van der Waals surface area contributed by atoms with Gasteiger partial charge in [0.05, 0.1) is 53.2 Å². The monoisotopic (exact) mass is 696 g/mol. The molecule has 4 aliphatic rings. The second kappa shape index (κ2) is 12.3. The number of nitrogens with zero attached hydrogens (tertiary/aromatic N) is 6. The Bertz CT molecular complexity index is 1740. The highest BCUT2D eigenvalue weighted by Crippen LogP contribution is 2.53. The zero-order chi connectivity index (χ0) is 33.1. The average Bonchev–Trinajstić information content (AvgIpc) is 3.68. The number of hydrogen-bond donors (Lipinski definition) is 0. The maximum atomic E-state index is 16.1. The molecule has 0 radical (unpaired) electrons. The summed E-state index contributed by atoms with van der Waals surface area (Å²) in [5, 5.41) is 10.6. The summed E-state index contributed by atoms with van der Waals surface area (Å²) in [5.74, 6) is 0.0460. The molecule has 0 N–H and O–H groups in total. The van der Waals surface area contributed by atoms with Gasteiger partial charge in [-0.25, -0.2) is 14.2 Å². The van der Waals surface area contributed by atoms with Gasteiger partial charge in [-0.05, 0) is 88.0 Å². The minimum absolute atomic E-state index is 0.0606. The number of hydrogen-bond acceptors (Lipinski definition) is 7. The number of carbonyl (C=O) groups excluding carboxylic acids is 2. The van der Waals surface area contributed by atoms with Gasteiger partial charge in [0.2, 0.25) is 11.8 Å². The number of aryl methyl sites for hydroxylation is 1. The summed E-state index contributed by atoms with van der Waals surface area (Å²) in [7, 11) is 0. The lowest BCUT2D eigenvalue weighted by Crippen LogP contribution is -2.52. The predicted octanol–water partition coefficient (Wildman–Crippen LogP) is 6.18. The molecule has 3 atom stereocenters. The van der Waals surface area contributed by atoms with E-state index in [9.17, 15) is 14.9 Å². The molecular weight excluding hydrogens is 655 g/mol. The van der Waals surface area contributed by atoms with Crippen LogP contribution in [0, 0.1) is 23.1 Å². The second-order valence-electron chi connectivity index (χ2n) is 13.9. The number of benzene rings is 1. The lowest BCUT2D eigenvalue weighted by atomic mass is 9.79. The van der Waals surface area contributed by atoms with Crippen LogP contribution < -0.4 is 4.74 Å². The van der Waals surface area contributed by atoms with Gasteiger partial charge < -0.3 is 23.8 Å². The number of halogens is 2. The van der Waals surface area contributed by atoms with E-state index in [1.54, 1.807) is 0 Å². The Morgan fingerprint density at radius 1 is 1.24 bits per heavy atom. The number of piperazine rings is 1. The molecule has 2 bridgehead atoms. The SMILES string of the molecule is CCOc1nc2c(F)c(Br)c(CCC#N)cc2c2c1cc(CN1CCN(C(C)C)CC1=O)n2[C@H]1[C@@H]2C[C@H]1N(C(=O)OC(C)(C)C)C2. The third-order valence-electron chi connectivity index (χ3n) is 9.47. The van der Waals surface area contributed by atoms with Crippen molar-refractivity contribution in [2.24, 2.45) is 5.92 Å². The molecule has 12 heteroatoms. The van der Waals surface area contributed by atoms with Crippen molar-refractivity contribution in [1.82, 2.24) is 24.3 Å². The molecule has 5 heterocycles. The van der Waals surface area contributed by atoms with Gasteiger partial charge in [-0.15, -0.1) is 0 Å². The highest BCUT2D eigenvalue weighted by Gasteiger charge is 2.56. The number of fused-ring (bicyclic) bond motifs is 4. The Morgan fingerprint density at radius 2 is 2.00 bits per heavy atom. The van der Waals surface area contributed by atoms with Crippen molar-refractivity contribution in [3.8, 4) is 11.9 Å². The van der Waals surface area contributed by atoms with Crippen molar-refractivity contribution in [1.29, 1.82) is 5.26 Å². The Kier molecular flexibility index (Phi) is 8.70. The average molecular weight is 698 g/mol. The summed E-state index contributed by atoms with van der Waals surface area (Å²) in [6, 6.07) is 6.18. The first-order valence-corrected chi connectivity index (χ1v) is 17.0. The van der Waals surface area contributed by atoms with Gasteiger partial charge in [0.15, 0.2) is 5.82 Å². The zero-order valence-electron chi connectivity index (χ0n) is 27.4. The highest BCUT2D eigenvalue weighted by molar-refractivity contribution is 9.10. The predicted molar refractivity (Wildman–Crippen MR) is 176 cm³/mol. The maximum Gasteiger partial charge on any atom is 0.410 e. The molecule has 2 amide bonds. The first-order chi connectivity index (χ1) is 21.8. The van der Waals surface area contributed by atoms with Gasteiger partial charge >= 0.3 is 6.09 Å². The number of aromatic nitrogens is 2. The second-order valence-corrected chi connectivity index (χ2v) is 14.7. The number of rotatable bonds is 8. The molecule has 46 heavy (non-hydrogen) atoms. The van der Waals surface area contributed by atoms with Crippen LogP contribution >= 0.6 is 15.9 Å². The molecule has 246 valence electrons. The first-order valence-electron chi connectivity index (χ1n) is 16.2. The quantitative estimate of drug-likeness (QED) is 0.277. The van der Waals surface area contributed by atoms with E-state index < -0.39 is 11.4 Å². The molecule has 2 aromatic heterocycles. The molecule has 3 aliphatic heterocycles. The molecule has 7 rings (SSSR count). The Hall–Kier alpha value is -3.43. The molecule has 4 fully saturated rings. The third-order valence-corrected chi connectivity index (χ3v) is 10.3. The Labute approximate surface area is 277 Å². The fourth-order valence-corrected chi connectivity index (χ4v) is 7.75. The van der Waals surface area contributed by atoms with Crippen molar-refractivity contribution in [2.45, 2.75) is 91.1 Å². The van der Waals surface area contributed by atoms with Crippen molar-refractivity contribution < 1.29 is 23.5 Å². The summed E-state index contributed by atoms with van der Waals surface area (Å²) >= 11 is 3.42. The summed E-state index contributed by atoms with van der Waals surface area (Å²) < 4.78 is 30.4. The van der Waals surface area contributed by atoms with Gasteiger partial charge in [0, 0.05) is 49.1 Å². The minimum atomic E-state index is -0.623. The molecule has 1 saturated carbocycles. The largest absolute Gasteiger partial charge is 0.477 e. The van der Waals surface area contributed by atoms with Gasteiger partial charge in [-0.3, -0.25) is 9.69 Å². The van der Waals surface area contributed by atoms with E-state index in [-0.39, 0.29) is 52.5 Å². The van der Waals surface area contributed by atoms with E-state index in [2.05, 4.69) is 50.3 Å². The first kappa shape index (κ1) is 32.5. The van der Waals surface area contributed by atoms with E-state index >= 15 is 4.39 Å². The molecule has 1 aliphatic carbocycles. The number of pyridine rings is 1. The normalized spacial score (nSPS) is 21.7. The van der Waals surface area contributed by atoms with E-state index in [1.807, 2.05) is 49.6 Å². The van der Waals surface area contributed by atoms with Crippen LogP contribution in [0.4, 0.5) is 9.18 Å². The lowest BCUT2D eigenvalue weighted by molar-refractivity contribution is -0.137. The van der Waals surface area contributed by atoms with E-state index in [4.69, 9.17) is 9.47 Å². The number of carbonyl (C=O) groups is 2. The van der Waals surface area contributed by atoms with E-state index in [0.717, 1.165) is 29.6 Å². The molecule has 1 aromatic carbocycles. The third kappa shape index (κ3) is 5.70. The van der Waals surface area contributed by atoms with Crippen molar-refractivity contribution in [3.05, 3.63) is 33.7 Å². The van der Waals surface area contributed by atoms with Crippen LogP contribution in [-0.2, 0) is 22.5 Å². The van der Waals surface area contributed by atoms with Crippen LogP contribution in [0.1, 0.15) is 71.7 Å². The van der Waals surface area contributed by atoms with Crippen molar-refractivity contribution >= 4 is 49.7 Å². The summed E-state index contributed by atoms with van der Waals surface area (Å²) in [6.07, 6.45) is 1.12. The molecule has 3 saturated heterocycles. The Balaban J connectivity index is 1.53. The number of nitriles is 1. The van der Waals surface area contributed by atoms with Crippen molar-refractivity contribution in [3.63, 3.8) is 0 Å². The summed E-state index contributed by atoms with van der Waals surface area (Å²) in [6.45, 7) is 14.6. The standard InChI is InChI=1S/C34H42BrFN6O4/c1-7-45-32-24-15-22(17-40-12-11-39(19(2)3)18-26(40)43)42(30-21-14-25(30)41(16-21)33(44)46-34(4,5)6)31(24)23-13-20(9-8-10-37)27(35)28(36)29(23)38-32/h13,15,19,21,25,30H,7-9,11-12,14,16-18H2,1-6H3/t21-,25-,30+/m1/s1. The number of amides is 2. The van der Waals surface area contributed by atoms with Gasteiger partial charge in [0.25, 0.3) is 0 Å². The van der Waals surface area contributed by atoms with Gasteiger partial charge in [-0.1, -0.05) is 0 Å². The summed E-state index contributed by atoms with van der Waals surface area (Å²) in [4.78, 5) is 37.3. The molecule has 0 spiro atoms. The topological polar surface area (TPSA) is 104 Å². The van der Waals surface area contributed by atoms with Crippen LogP contribution in [0.2, 0.25) is 0 Å². The lowest BCUT2D eigenvalue weighted by Gasteiger charge is -2.40. The van der Waals surface area contributed by atoms with E-state index in [0.29, 0.717) is 56.0 Å². The fraction of sp³-hybridized carbons (Fsp3) is 0.588. The van der Waals surface area contributed by atoms with Crippen LogP contribution in [0.3, 0.4) is 0 Å². The highest BCUT2D eigenvalue weighted by atomic mass is 79.9. The molecule has 0 unspecified atom stereocenters. The fourth-order valence-electron chi connectivity index (χ4n) is 7.25. The molecule has 10 nitrogen and oxygen atoms in total. The van der Waals surface area contributed by atoms with Gasteiger partial charge in [0.1, 0.15) is 11.1 Å². The number of ether oxygens (including phenoxy) is 2. The van der Waals surface area contributed by atoms with Crippen molar-refractivity contribution in [2.75, 3.05) is 32.8 Å². The van der Waals surface area contributed by atoms with Crippen LogP contribution in [0.5, 0.6) is 5.88 Å². The smallest absolute Gasteiger partial charge is 0.410 e. The van der Waals surface area contributed by atoms with Crippen LogP contribution in [0.15, 0.2) is 16.6 Å². The molecular formula is C34H42BrFN6O4. The molecule has 3 aromatic rings. The summed E-state index contributed by atoms with van der Waals surface area (Å²) in [5.41, 5.74) is 1.89. The maximum absolute atomic E-state index is 16.1. The zero-order valence-corrected chi connectivity index (χ0v) is 29.0.